The molecule has 124 valence electrons. The van der Waals surface area contributed by atoms with Gasteiger partial charge < -0.3 is 9.64 Å². The van der Waals surface area contributed by atoms with Crippen LogP contribution < -0.4 is 0 Å². The average Bonchev–Trinajstić information content (AvgIpc) is 2.48. The molecule has 0 atom stereocenters. The minimum atomic E-state index is -0.454. The number of nitriles is 1. The Morgan fingerprint density at radius 3 is 2.35 bits per heavy atom. The molecule has 1 amide bonds. The zero-order chi connectivity index (χ0) is 16.9. The van der Waals surface area contributed by atoms with Crippen LogP contribution in [-0.2, 0) is 17.7 Å². The molecule has 1 aromatic rings. The van der Waals surface area contributed by atoms with Crippen molar-refractivity contribution in [1.82, 2.24) is 9.80 Å². The molecule has 0 aromatic heterocycles. The Hall–Kier alpha value is -2.06. The van der Waals surface area contributed by atoms with Gasteiger partial charge in [-0.05, 0) is 31.9 Å². The fourth-order valence-electron chi connectivity index (χ4n) is 2.63. The predicted molar refractivity (Wildman–Crippen MR) is 88.8 cm³/mol. The number of rotatable bonds is 3. The zero-order valence-electron chi connectivity index (χ0n) is 14.2. The summed E-state index contributed by atoms with van der Waals surface area (Å²) in [5.74, 6) is 0. The van der Waals surface area contributed by atoms with Crippen molar-refractivity contribution in [3.8, 4) is 6.07 Å². The van der Waals surface area contributed by atoms with Crippen molar-refractivity contribution in [3.63, 3.8) is 0 Å². The summed E-state index contributed by atoms with van der Waals surface area (Å²) in [6.45, 7) is 9.46. The number of benzene rings is 1. The molecule has 1 heterocycles. The minimum Gasteiger partial charge on any atom is -0.444 e. The van der Waals surface area contributed by atoms with Crippen LogP contribution in [0.2, 0.25) is 0 Å². The molecule has 0 spiro atoms. The Labute approximate surface area is 138 Å². The molecular weight excluding hydrogens is 290 g/mol. The van der Waals surface area contributed by atoms with Crippen molar-refractivity contribution < 1.29 is 9.53 Å². The SMILES string of the molecule is CC(C)(C)OC(=O)N1CCN(Cc2ccccc2CC#N)CC1. The van der Waals surface area contributed by atoms with E-state index in [1.54, 1.807) is 4.90 Å². The summed E-state index contributed by atoms with van der Waals surface area (Å²) in [4.78, 5) is 16.2. The molecule has 5 nitrogen and oxygen atoms in total. The quantitative estimate of drug-likeness (QED) is 0.860. The molecule has 2 rings (SSSR count). The molecule has 1 aliphatic rings. The molecule has 1 aliphatic heterocycles. The maximum Gasteiger partial charge on any atom is 0.410 e. The smallest absolute Gasteiger partial charge is 0.410 e. The number of carbonyl (C=O) groups excluding carboxylic acids is 1. The van der Waals surface area contributed by atoms with Crippen LogP contribution in [-0.4, -0.2) is 47.7 Å². The lowest BCUT2D eigenvalue weighted by molar-refractivity contribution is 0.0139. The first-order valence-corrected chi connectivity index (χ1v) is 8.03. The minimum absolute atomic E-state index is 0.234. The van der Waals surface area contributed by atoms with E-state index in [0.29, 0.717) is 19.5 Å². The van der Waals surface area contributed by atoms with Crippen LogP contribution in [0, 0.1) is 11.3 Å². The molecule has 1 saturated heterocycles. The molecular formula is C18H25N3O2. The Bertz CT molecular complexity index is 579. The lowest BCUT2D eigenvalue weighted by atomic mass is 10.0. The van der Waals surface area contributed by atoms with Crippen molar-refractivity contribution in [2.45, 2.75) is 39.3 Å². The number of hydrogen-bond acceptors (Lipinski definition) is 4. The lowest BCUT2D eigenvalue weighted by Gasteiger charge is -2.35. The van der Waals surface area contributed by atoms with Gasteiger partial charge in [0.2, 0.25) is 0 Å². The fraction of sp³-hybridized carbons (Fsp3) is 0.556. The van der Waals surface area contributed by atoms with Crippen LogP contribution in [0.3, 0.4) is 0 Å². The van der Waals surface area contributed by atoms with Gasteiger partial charge in [-0.2, -0.15) is 5.26 Å². The maximum atomic E-state index is 12.1. The van der Waals surface area contributed by atoms with Gasteiger partial charge in [-0.3, -0.25) is 4.90 Å². The van der Waals surface area contributed by atoms with Gasteiger partial charge in [-0.1, -0.05) is 24.3 Å². The first-order chi connectivity index (χ1) is 10.9. The standard InChI is InChI=1S/C18H25N3O2/c1-18(2,3)23-17(22)21-12-10-20(11-13-21)14-16-7-5-4-6-15(16)8-9-19/h4-7H,8,10-14H2,1-3H3. The van der Waals surface area contributed by atoms with Crippen molar-refractivity contribution in [2.24, 2.45) is 0 Å². The van der Waals surface area contributed by atoms with Gasteiger partial charge in [0.25, 0.3) is 0 Å². The van der Waals surface area contributed by atoms with E-state index in [2.05, 4.69) is 17.0 Å². The number of ether oxygens (including phenoxy) is 1. The Morgan fingerprint density at radius 2 is 1.78 bits per heavy atom. The third-order valence-corrected chi connectivity index (χ3v) is 3.81. The van der Waals surface area contributed by atoms with Crippen molar-refractivity contribution in [1.29, 1.82) is 5.26 Å². The van der Waals surface area contributed by atoms with Crippen LogP contribution in [0.5, 0.6) is 0 Å². The van der Waals surface area contributed by atoms with E-state index in [9.17, 15) is 4.79 Å². The first-order valence-electron chi connectivity index (χ1n) is 8.03. The van der Waals surface area contributed by atoms with Crippen LogP contribution in [0.1, 0.15) is 31.9 Å². The lowest BCUT2D eigenvalue weighted by Crippen LogP contribution is -2.49. The van der Waals surface area contributed by atoms with Gasteiger partial charge in [0.15, 0.2) is 0 Å². The van der Waals surface area contributed by atoms with E-state index in [1.165, 1.54) is 5.56 Å². The fourth-order valence-corrected chi connectivity index (χ4v) is 2.63. The molecule has 0 saturated carbocycles. The highest BCUT2D eigenvalue weighted by Gasteiger charge is 2.25. The second kappa shape index (κ2) is 7.47. The normalized spacial score (nSPS) is 16.0. The Morgan fingerprint density at radius 1 is 1.17 bits per heavy atom. The van der Waals surface area contributed by atoms with E-state index in [1.807, 2.05) is 39.0 Å². The number of piperazine rings is 1. The van der Waals surface area contributed by atoms with Crippen LogP contribution in [0.15, 0.2) is 24.3 Å². The van der Waals surface area contributed by atoms with Gasteiger partial charge in [-0.15, -0.1) is 0 Å². The second-order valence-corrected chi connectivity index (χ2v) is 6.85. The third kappa shape index (κ3) is 5.26. The Kier molecular flexibility index (Phi) is 5.62. The highest BCUT2D eigenvalue weighted by atomic mass is 16.6. The number of amides is 1. The van der Waals surface area contributed by atoms with Crippen LogP contribution in [0.25, 0.3) is 0 Å². The van der Waals surface area contributed by atoms with Gasteiger partial charge in [0.05, 0.1) is 12.5 Å². The highest BCUT2D eigenvalue weighted by molar-refractivity contribution is 5.68. The van der Waals surface area contributed by atoms with Gasteiger partial charge in [0, 0.05) is 32.7 Å². The zero-order valence-corrected chi connectivity index (χ0v) is 14.2. The van der Waals surface area contributed by atoms with Crippen LogP contribution >= 0.6 is 0 Å². The third-order valence-electron chi connectivity index (χ3n) is 3.81. The summed E-state index contributed by atoms with van der Waals surface area (Å²) < 4.78 is 5.41. The number of hydrogen-bond donors (Lipinski definition) is 0. The molecule has 0 aliphatic carbocycles. The van der Waals surface area contributed by atoms with Gasteiger partial charge in [-0.25, -0.2) is 4.79 Å². The summed E-state index contributed by atoms with van der Waals surface area (Å²) in [6, 6.07) is 10.3. The predicted octanol–water partition coefficient (Wildman–Crippen LogP) is 2.81. The number of nitrogens with zero attached hydrogens (tertiary/aromatic N) is 3. The Balaban J connectivity index is 1.88. The van der Waals surface area contributed by atoms with E-state index in [4.69, 9.17) is 10.00 Å². The van der Waals surface area contributed by atoms with Crippen molar-refractivity contribution >= 4 is 6.09 Å². The largest absolute Gasteiger partial charge is 0.444 e. The molecule has 0 bridgehead atoms. The van der Waals surface area contributed by atoms with Crippen molar-refractivity contribution in [2.75, 3.05) is 26.2 Å². The molecule has 5 heteroatoms. The molecule has 0 N–H and O–H groups in total. The van der Waals surface area contributed by atoms with E-state index >= 15 is 0 Å². The van der Waals surface area contributed by atoms with E-state index in [0.717, 1.165) is 25.2 Å². The van der Waals surface area contributed by atoms with E-state index < -0.39 is 5.60 Å². The van der Waals surface area contributed by atoms with Crippen molar-refractivity contribution in [3.05, 3.63) is 35.4 Å². The topological polar surface area (TPSA) is 56.6 Å². The summed E-state index contributed by atoms with van der Waals surface area (Å²) in [5, 5.41) is 8.92. The first kappa shape index (κ1) is 17.3. The summed E-state index contributed by atoms with van der Waals surface area (Å²) in [7, 11) is 0. The summed E-state index contributed by atoms with van der Waals surface area (Å²) in [6.07, 6.45) is 0.204. The van der Waals surface area contributed by atoms with Crippen LogP contribution in [0.4, 0.5) is 4.79 Å². The summed E-state index contributed by atoms with van der Waals surface area (Å²) in [5.41, 5.74) is 1.83. The molecule has 1 fully saturated rings. The molecule has 23 heavy (non-hydrogen) atoms. The number of carbonyl (C=O) groups is 1. The average molecular weight is 315 g/mol. The second-order valence-electron chi connectivity index (χ2n) is 6.85. The van der Waals surface area contributed by atoms with Gasteiger partial charge >= 0.3 is 6.09 Å². The monoisotopic (exact) mass is 315 g/mol. The van der Waals surface area contributed by atoms with Gasteiger partial charge in [0.1, 0.15) is 5.60 Å². The summed E-state index contributed by atoms with van der Waals surface area (Å²) >= 11 is 0. The molecule has 0 radical (unpaired) electrons. The highest BCUT2D eigenvalue weighted by Crippen LogP contribution is 2.15. The molecule has 0 unspecified atom stereocenters. The molecule has 1 aromatic carbocycles. The van der Waals surface area contributed by atoms with E-state index in [-0.39, 0.29) is 6.09 Å². The maximum absolute atomic E-state index is 12.1.